The molecule has 1 aromatic carbocycles. The van der Waals surface area contributed by atoms with E-state index in [0.29, 0.717) is 4.90 Å². The molecule has 6 nitrogen and oxygen atoms in total. The molecule has 1 aliphatic heterocycles. The zero-order valence-corrected chi connectivity index (χ0v) is 13.2. The minimum absolute atomic E-state index is 0.0157. The van der Waals surface area contributed by atoms with Crippen LogP contribution in [0.5, 0.6) is 0 Å². The van der Waals surface area contributed by atoms with Crippen LogP contribution in [-0.2, 0) is 4.79 Å². The molecule has 2 atom stereocenters. The summed E-state index contributed by atoms with van der Waals surface area (Å²) in [5.74, 6) is -3.66. The highest BCUT2D eigenvalue weighted by Crippen LogP contribution is 2.38. The Kier molecular flexibility index (Phi) is 5.15. The first-order valence-corrected chi connectivity index (χ1v) is 7.24. The molecule has 0 saturated carbocycles. The fourth-order valence-electron chi connectivity index (χ4n) is 2.96. The van der Waals surface area contributed by atoms with Crippen LogP contribution in [0.25, 0.3) is 0 Å². The third-order valence-corrected chi connectivity index (χ3v) is 3.87. The van der Waals surface area contributed by atoms with E-state index >= 15 is 0 Å². The van der Waals surface area contributed by atoms with Crippen molar-refractivity contribution in [3.63, 3.8) is 0 Å². The average Bonchev–Trinajstić information content (AvgIpc) is 2.53. The minimum atomic E-state index is -4.70. The quantitative estimate of drug-likeness (QED) is 0.805. The lowest BCUT2D eigenvalue weighted by molar-refractivity contribution is -0.150. The summed E-state index contributed by atoms with van der Waals surface area (Å²) >= 11 is 0. The summed E-state index contributed by atoms with van der Waals surface area (Å²) in [6, 6.07) is 4.30. The molecule has 1 heterocycles. The van der Waals surface area contributed by atoms with Crippen molar-refractivity contribution < 1.29 is 27.9 Å². The van der Waals surface area contributed by atoms with Gasteiger partial charge in [-0.25, -0.2) is 0 Å². The van der Waals surface area contributed by atoms with Crippen LogP contribution in [-0.4, -0.2) is 53.9 Å². The number of carbonyl (C=O) groups excluding carboxylic acids is 1. The fourth-order valence-corrected chi connectivity index (χ4v) is 2.96. The number of nitrogens with two attached hydrogens (primary N) is 1. The molecule has 134 valence electrons. The average molecular weight is 355 g/mol. The number of amides is 1. The standard InChI is InChI=1S/C16H16F3N3O3/c1-21-7-9(6-20)13-12(15(24)25)10-4-2-3-5-11(10)14(23)22(13)8-16(17,18)19/h2-7,12-13H,8,20H2,1H3,(H,24,25). The zero-order chi connectivity index (χ0) is 18.8. The smallest absolute Gasteiger partial charge is 0.406 e. The van der Waals surface area contributed by atoms with Gasteiger partial charge in [0.2, 0.25) is 0 Å². The second kappa shape index (κ2) is 6.96. The van der Waals surface area contributed by atoms with E-state index in [1.807, 2.05) is 0 Å². The van der Waals surface area contributed by atoms with Crippen molar-refractivity contribution in [2.45, 2.75) is 18.1 Å². The summed E-state index contributed by atoms with van der Waals surface area (Å²) in [6.07, 6.45) is -2.57. The van der Waals surface area contributed by atoms with Crippen molar-refractivity contribution >= 4 is 18.1 Å². The first-order valence-electron chi connectivity index (χ1n) is 7.24. The Bertz CT molecular complexity index is 744. The maximum absolute atomic E-state index is 13.0. The molecule has 0 saturated heterocycles. The van der Waals surface area contributed by atoms with Gasteiger partial charge in [-0.3, -0.25) is 14.6 Å². The molecule has 0 radical (unpaired) electrons. The Labute approximate surface area is 141 Å². The summed E-state index contributed by atoms with van der Waals surface area (Å²) in [7, 11) is 1.37. The number of hydrogen-bond donors (Lipinski definition) is 2. The van der Waals surface area contributed by atoms with Gasteiger partial charge in [-0.2, -0.15) is 13.2 Å². The maximum Gasteiger partial charge on any atom is 0.406 e. The largest absolute Gasteiger partial charge is 0.481 e. The van der Waals surface area contributed by atoms with Gasteiger partial charge in [-0.1, -0.05) is 18.2 Å². The Morgan fingerprint density at radius 2 is 2.04 bits per heavy atom. The predicted octanol–water partition coefficient (Wildman–Crippen LogP) is 1.78. The topological polar surface area (TPSA) is 96.0 Å². The molecule has 9 heteroatoms. The van der Waals surface area contributed by atoms with Crippen LogP contribution in [0.1, 0.15) is 21.8 Å². The molecule has 1 amide bonds. The van der Waals surface area contributed by atoms with E-state index < -0.39 is 36.6 Å². The van der Waals surface area contributed by atoms with Crippen LogP contribution in [0.15, 0.2) is 41.0 Å². The molecule has 0 bridgehead atoms. The van der Waals surface area contributed by atoms with Crippen LogP contribution in [0.2, 0.25) is 0 Å². The minimum Gasteiger partial charge on any atom is -0.481 e. The first kappa shape index (κ1) is 18.5. The summed E-state index contributed by atoms with van der Waals surface area (Å²) in [5, 5.41) is 9.64. The molecule has 2 unspecified atom stereocenters. The lowest BCUT2D eigenvalue weighted by atomic mass is 9.80. The van der Waals surface area contributed by atoms with Gasteiger partial charge in [0.15, 0.2) is 0 Å². The normalized spacial score (nSPS) is 21.5. The van der Waals surface area contributed by atoms with Crippen LogP contribution in [0, 0.1) is 0 Å². The van der Waals surface area contributed by atoms with Crippen molar-refractivity contribution in [1.29, 1.82) is 0 Å². The lowest BCUT2D eigenvalue weighted by Gasteiger charge is -2.41. The van der Waals surface area contributed by atoms with Crippen molar-refractivity contribution in [2.24, 2.45) is 10.7 Å². The number of fused-ring (bicyclic) bond motifs is 1. The van der Waals surface area contributed by atoms with Crippen LogP contribution < -0.4 is 5.73 Å². The lowest BCUT2D eigenvalue weighted by Crippen LogP contribution is -2.54. The predicted molar refractivity (Wildman–Crippen MR) is 84.4 cm³/mol. The van der Waals surface area contributed by atoms with Crippen LogP contribution in [0.3, 0.4) is 0 Å². The second-order valence-electron chi connectivity index (χ2n) is 5.45. The Morgan fingerprint density at radius 1 is 1.40 bits per heavy atom. The first-order chi connectivity index (χ1) is 11.7. The highest BCUT2D eigenvalue weighted by atomic mass is 19.4. The number of alkyl halides is 3. The van der Waals surface area contributed by atoms with E-state index in [1.165, 1.54) is 31.3 Å². The van der Waals surface area contributed by atoms with E-state index in [4.69, 9.17) is 5.73 Å². The molecule has 0 spiro atoms. The fraction of sp³-hybridized carbons (Fsp3) is 0.312. The number of aliphatic imine (C=N–C) groups is 1. The molecule has 3 N–H and O–H groups in total. The van der Waals surface area contributed by atoms with E-state index in [1.54, 1.807) is 0 Å². The van der Waals surface area contributed by atoms with Gasteiger partial charge in [-0.15, -0.1) is 0 Å². The summed E-state index contributed by atoms with van der Waals surface area (Å²) in [5.41, 5.74) is 5.57. The molecule has 0 aliphatic carbocycles. The molecule has 0 fully saturated rings. The van der Waals surface area contributed by atoms with E-state index in [9.17, 15) is 27.9 Å². The number of carboxylic acid groups (broad SMARTS) is 1. The molecule has 1 aliphatic rings. The van der Waals surface area contributed by atoms with Gasteiger partial charge in [0, 0.05) is 30.6 Å². The van der Waals surface area contributed by atoms with E-state index in [0.717, 1.165) is 12.4 Å². The SMILES string of the molecule is CN=CC(=CN)C1C(C(=O)O)c2ccccc2C(=O)N1CC(F)(F)F. The van der Waals surface area contributed by atoms with Crippen molar-refractivity contribution in [3.8, 4) is 0 Å². The number of carboxylic acids is 1. The Hall–Kier alpha value is -2.84. The molecular formula is C16H16F3N3O3. The molecule has 1 aromatic rings. The van der Waals surface area contributed by atoms with Gasteiger partial charge in [0.1, 0.15) is 12.5 Å². The van der Waals surface area contributed by atoms with Gasteiger partial charge in [-0.05, 0) is 11.6 Å². The summed E-state index contributed by atoms with van der Waals surface area (Å²) < 4.78 is 39.1. The number of benzene rings is 1. The number of rotatable bonds is 4. The van der Waals surface area contributed by atoms with Gasteiger partial charge in [0.25, 0.3) is 5.91 Å². The van der Waals surface area contributed by atoms with Crippen molar-refractivity contribution in [2.75, 3.05) is 13.6 Å². The van der Waals surface area contributed by atoms with E-state index in [-0.39, 0.29) is 16.7 Å². The van der Waals surface area contributed by atoms with Crippen molar-refractivity contribution in [1.82, 2.24) is 4.90 Å². The number of hydrogen-bond acceptors (Lipinski definition) is 4. The van der Waals surface area contributed by atoms with Gasteiger partial charge >= 0.3 is 12.1 Å². The number of aliphatic carboxylic acids is 1. The number of carbonyl (C=O) groups is 2. The second-order valence-corrected chi connectivity index (χ2v) is 5.45. The Morgan fingerprint density at radius 3 is 2.56 bits per heavy atom. The monoisotopic (exact) mass is 355 g/mol. The van der Waals surface area contributed by atoms with Gasteiger partial charge < -0.3 is 15.7 Å². The van der Waals surface area contributed by atoms with Crippen molar-refractivity contribution in [3.05, 3.63) is 47.2 Å². The Balaban J connectivity index is 2.71. The molecular weight excluding hydrogens is 339 g/mol. The van der Waals surface area contributed by atoms with Gasteiger partial charge in [0.05, 0.1) is 6.04 Å². The number of halogens is 3. The van der Waals surface area contributed by atoms with E-state index in [2.05, 4.69) is 4.99 Å². The highest BCUT2D eigenvalue weighted by molar-refractivity contribution is 6.02. The molecule has 2 rings (SSSR count). The van der Waals surface area contributed by atoms with Crippen LogP contribution in [0.4, 0.5) is 13.2 Å². The number of nitrogens with zero attached hydrogens (tertiary/aromatic N) is 2. The maximum atomic E-state index is 13.0. The molecule has 0 aromatic heterocycles. The third kappa shape index (κ3) is 3.65. The molecule has 25 heavy (non-hydrogen) atoms. The van der Waals surface area contributed by atoms with Crippen LogP contribution >= 0.6 is 0 Å². The summed E-state index contributed by atoms with van der Waals surface area (Å²) in [4.78, 5) is 28.6. The zero-order valence-electron chi connectivity index (χ0n) is 13.2. The highest BCUT2D eigenvalue weighted by Gasteiger charge is 2.48. The summed E-state index contributed by atoms with van der Waals surface area (Å²) in [6.45, 7) is -1.59. The third-order valence-electron chi connectivity index (χ3n) is 3.87.